The predicted molar refractivity (Wildman–Crippen MR) is 99.0 cm³/mol. The number of hydrogen-bond acceptors (Lipinski definition) is 4. The first-order valence-corrected chi connectivity index (χ1v) is 9.62. The molecule has 0 bridgehead atoms. The number of fused-ring (bicyclic) bond motifs is 1. The summed E-state index contributed by atoms with van der Waals surface area (Å²) in [7, 11) is 0. The smallest absolute Gasteiger partial charge is 0.410 e. The maximum atomic E-state index is 13.3. The van der Waals surface area contributed by atoms with Gasteiger partial charge in [0.1, 0.15) is 11.6 Å². The van der Waals surface area contributed by atoms with Crippen LogP contribution in [-0.4, -0.2) is 45.9 Å². The molecule has 27 heavy (non-hydrogen) atoms. The van der Waals surface area contributed by atoms with Crippen LogP contribution in [0.3, 0.4) is 0 Å². The molecule has 0 aromatic heterocycles. The van der Waals surface area contributed by atoms with Gasteiger partial charge in [-0.1, -0.05) is 18.2 Å². The monoisotopic (exact) mass is 370 g/mol. The molecule has 6 heteroatoms. The Labute approximate surface area is 159 Å². The van der Waals surface area contributed by atoms with Gasteiger partial charge in [-0.05, 0) is 63.5 Å². The highest BCUT2D eigenvalue weighted by Gasteiger charge is 2.53. The fraction of sp³-hybridized carbons (Fsp3) is 0.571. The van der Waals surface area contributed by atoms with Crippen LogP contribution in [0, 0.1) is 5.41 Å². The Bertz CT molecular complexity index is 807. The highest BCUT2D eigenvalue weighted by molar-refractivity contribution is 6.09. The molecule has 2 heterocycles. The summed E-state index contributed by atoms with van der Waals surface area (Å²) in [6.07, 6.45) is 3.22. The van der Waals surface area contributed by atoms with Gasteiger partial charge in [0.25, 0.3) is 11.8 Å². The minimum atomic E-state index is -0.630. The van der Waals surface area contributed by atoms with E-state index in [-0.39, 0.29) is 23.8 Å². The lowest BCUT2D eigenvalue weighted by Gasteiger charge is -2.40. The Kier molecular flexibility index (Phi) is 4.05. The third kappa shape index (κ3) is 3.33. The van der Waals surface area contributed by atoms with Crippen LogP contribution >= 0.6 is 0 Å². The van der Waals surface area contributed by atoms with Gasteiger partial charge in [0, 0.05) is 12.1 Å². The number of hydrogen-bond donors (Lipinski definition) is 0. The molecular formula is C21H26N2O4. The number of imide groups is 1. The molecule has 6 nitrogen and oxygen atoms in total. The number of piperidine rings is 1. The number of carbonyl (C=O) groups excluding carboxylic acids is 3. The van der Waals surface area contributed by atoms with E-state index in [0.717, 1.165) is 24.8 Å². The molecule has 1 unspecified atom stereocenters. The second-order valence-corrected chi connectivity index (χ2v) is 9.03. The lowest BCUT2D eigenvalue weighted by molar-refractivity contribution is -0.136. The summed E-state index contributed by atoms with van der Waals surface area (Å²) in [6.45, 7) is 6.22. The molecule has 4 rings (SSSR count). The Morgan fingerprint density at radius 1 is 1.15 bits per heavy atom. The summed E-state index contributed by atoms with van der Waals surface area (Å²) >= 11 is 0. The standard InChI is InChI=1S/C21H26N2O4/c1-20(2,3)27-19(26)22-11-10-21(8-9-21)12-16(22)18(25)23-13-14-6-4-5-7-15(14)17(23)24/h4-7,16H,8-13H2,1-3H3. The van der Waals surface area contributed by atoms with Gasteiger partial charge in [0.15, 0.2) is 0 Å². The number of rotatable bonds is 1. The number of benzene rings is 1. The fourth-order valence-electron chi connectivity index (χ4n) is 4.14. The van der Waals surface area contributed by atoms with Gasteiger partial charge in [0.2, 0.25) is 0 Å². The lowest BCUT2D eigenvalue weighted by atomic mass is 9.87. The molecule has 0 radical (unpaired) electrons. The van der Waals surface area contributed by atoms with E-state index in [1.165, 1.54) is 9.80 Å². The van der Waals surface area contributed by atoms with E-state index in [9.17, 15) is 14.4 Å². The van der Waals surface area contributed by atoms with Crippen molar-refractivity contribution in [3.05, 3.63) is 35.4 Å². The van der Waals surface area contributed by atoms with Crippen LogP contribution in [0.5, 0.6) is 0 Å². The predicted octanol–water partition coefficient (Wildman–Crippen LogP) is 3.35. The van der Waals surface area contributed by atoms with Crippen LogP contribution in [0.1, 0.15) is 62.4 Å². The van der Waals surface area contributed by atoms with E-state index < -0.39 is 17.7 Å². The molecule has 1 aromatic rings. The Balaban J connectivity index is 1.57. The average molecular weight is 370 g/mol. The van der Waals surface area contributed by atoms with Crippen molar-refractivity contribution in [2.75, 3.05) is 6.54 Å². The molecule has 2 aliphatic heterocycles. The zero-order chi connectivity index (χ0) is 19.4. The molecule has 1 aromatic carbocycles. The molecule has 3 aliphatic rings. The van der Waals surface area contributed by atoms with Crippen molar-refractivity contribution >= 4 is 17.9 Å². The SMILES string of the molecule is CC(C)(C)OC(=O)N1CCC2(CC2)CC1C(=O)N1Cc2ccccc2C1=O. The molecular weight excluding hydrogens is 344 g/mol. The van der Waals surface area contributed by atoms with Crippen molar-refractivity contribution < 1.29 is 19.1 Å². The maximum absolute atomic E-state index is 13.3. The summed E-state index contributed by atoms with van der Waals surface area (Å²) in [5.74, 6) is -0.553. The third-order valence-corrected chi connectivity index (χ3v) is 5.84. The van der Waals surface area contributed by atoms with Crippen molar-refractivity contribution in [3.63, 3.8) is 0 Å². The van der Waals surface area contributed by atoms with Gasteiger partial charge in [0.05, 0.1) is 6.54 Å². The van der Waals surface area contributed by atoms with Gasteiger partial charge in [-0.15, -0.1) is 0 Å². The largest absolute Gasteiger partial charge is 0.444 e. The first-order valence-electron chi connectivity index (χ1n) is 9.62. The molecule has 1 saturated heterocycles. The van der Waals surface area contributed by atoms with Crippen molar-refractivity contribution in [2.45, 2.75) is 64.6 Å². The summed E-state index contributed by atoms with van der Waals surface area (Å²) in [4.78, 5) is 41.6. The minimum absolute atomic E-state index is 0.161. The molecule has 1 spiro atoms. The molecule has 1 saturated carbocycles. The van der Waals surface area contributed by atoms with Crippen LogP contribution in [0.2, 0.25) is 0 Å². The second-order valence-electron chi connectivity index (χ2n) is 9.03. The van der Waals surface area contributed by atoms with Crippen molar-refractivity contribution in [1.29, 1.82) is 0 Å². The van der Waals surface area contributed by atoms with Gasteiger partial charge >= 0.3 is 6.09 Å². The van der Waals surface area contributed by atoms with E-state index in [1.54, 1.807) is 12.1 Å². The molecule has 2 fully saturated rings. The van der Waals surface area contributed by atoms with Gasteiger partial charge < -0.3 is 4.74 Å². The van der Waals surface area contributed by atoms with Crippen molar-refractivity contribution in [1.82, 2.24) is 9.80 Å². The molecule has 3 amide bonds. The number of amides is 3. The maximum Gasteiger partial charge on any atom is 0.410 e. The quantitative estimate of drug-likeness (QED) is 0.711. The summed E-state index contributed by atoms with van der Waals surface area (Å²) < 4.78 is 5.53. The Morgan fingerprint density at radius 3 is 2.48 bits per heavy atom. The highest BCUT2D eigenvalue weighted by atomic mass is 16.6. The van der Waals surface area contributed by atoms with Crippen LogP contribution in [-0.2, 0) is 16.1 Å². The summed E-state index contributed by atoms with van der Waals surface area (Å²) in [6, 6.07) is 6.66. The van der Waals surface area contributed by atoms with E-state index in [2.05, 4.69) is 0 Å². The first-order chi connectivity index (χ1) is 12.7. The van der Waals surface area contributed by atoms with E-state index in [1.807, 2.05) is 32.9 Å². The van der Waals surface area contributed by atoms with Crippen LogP contribution < -0.4 is 0 Å². The number of carbonyl (C=O) groups is 3. The topological polar surface area (TPSA) is 66.9 Å². The summed E-state index contributed by atoms with van der Waals surface area (Å²) in [5, 5.41) is 0. The van der Waals surface area contributed by atoms with Gasteiger partial charge in [-0.2, -0.15) is 0 Å². The lowest BCUT2D eigenvalue weighted by Crippen LogP contribution is -2.56. The normalized spacial score (nSPS) is 23.4. The molecule has 1 aliphatic carbocycles. The highest BCUT2D eigenvalue weighted by Crippen LogP contribution is 2.55. The Morgan fingerprint density at radius 2 is 1.85 bits per heavy atom. The van der Waals surface area contributed by atoms with Crippen LogP contribution in [0.4, 0.5) is 4.79 Å². The van der Waals surface area contributed by atoms with E-state index >= 15 is 0 Å². The number of ether oxygens (including phenoxy) is 1. The zero-order valence-corrected chi connectivity index (χ0v) is 16.2. The molecule has 0 N–H and O–H groups in total. The van der Waals surface area contributed by atoms with Gasteiger partial charge in [-0.25, -0.2) is 4.79 Å². The fourth-order valence-corrected chi connectivity index (χ4v) is 4.14. The zero-order valence-electron chi connectivity index (χ0n) is 16.2. The van der Waals surface area contributed by atoms with E-state index in [0.29, 0.717) is 18.5 Å². The molecule has 144 valence electrons. The second kappa shape index (κ2) is 6.08. The van der Waals surface area contributed by atoms with E-state index in [4.69, 9.17) is 4.74 Å². The average Bonchev–Trinajstić information content (AvgIpc) is 3.27. The van der Waals surface area contributed by atoms with Crippen LogP contribution in [0.15, 0.2) is 24.3 Å². The van der Waals surface area contributed by atoms with Crippen molar-refractivity contribution in [3.8, 4) is 0 Å². The Hall–Kier alpha value is -2.37. The van der Waals surface area contributed by atoms with Crippen molar-refractivity contribution in [2.24, 2.45) is 5.41 Å². The third-order valence-electron chi connectivity index (χ3n) is 5.84. The summed E-state index contributed by atoms with van der Waals surface area (Å²) in [5.41, 5.74) is 0.969. The van der Waals surface area contributed by atoms with Gasteiger partial charge in [-0.3, -0.25) is 19.4 Å². The first kappa shape index (κ1) is 18.0. The van der Waals surface area contributed by atoms with Crippen LogP contribution in [0.25, 0.3) is 0 Å². The minimum Gasteiger partial charge on any atom is -0.444 e. The number of likely N-dealkylation sites (tertiary alicyclic amines) is 1. The molecule has 1 atom stereocenters. The number of nitrogens with zero attached hydrogens (tertiary/aromatic N) is 2.